The number of rotatable bonds is 9. The highest BCUT2D eigenvalue weighted by Crippen LogP contribution is 2.43. The van der Waals surface area contributed by atoms with E-state index in [1.807, 2.05) is 0 Å². The summed E-state index contributed by atoms with van der Waals surface area (Å²) in [6.45, 7) is 0. The number of fused-ring (bicyclic) bond motifs is 9. The van der Waals surface area contributed by atoms with Crippen molar-refractivity contribution < 1.29 is 0 Å². The van der Waals surface area contributed by atoms with E-state index in [4.69, 9.17) is 0 Å². The molecule has 15 rings (SSSR count). The van der Waals surface area contributed by atoms with Gasteiger partial charge in [-0.3, -0.25) is 0 Å². The molecule has 0 saturated carbocycles. The first-order chi connectivity index (χ1) is 37.7. The Hall–Kier alpha value is -9.33. The second kappa shape index (κ2) is 17.7. The van der Waals surface area contributed by atoms with Crippen LogP contribution in [0.3, 0.4) is 0 Å². The van der Waals surface area contributed by atoms with E-state index in [1.165, 1.54) is 107 Å². The molecule has 1 aliphatic rings. The normalized spacial score (nSPS) is 12.8. The zero-order chi connectivity index (χ0) is 50.2. The van der Waals surface area contributed by atoms with Gasteiger partial charge in [0.05, 0.1) is 27.8 Å². The number of nitrogens with zero attached hydrogens (tertiary/aromatic N) is 2. The van der Waals surface area contributed by atoms with Crippen LogP contribution in [0.15, 0.2) is 303 Å². The van der Waals surface area contributed by atoms with Crippen molar-refractivity contribution in [3.63, 3.8) is 0 Å². The third kappa shape index (κ3) is 6.38. The Bertz CT molecular complexity index is 4350. The van der Waals surface area contributed by atoms with Gasteiger partial charge in [-0.25, -0.2) is 0 Å². The smallest absolute Gasteiger partial charge is 0.180 e. The molecule has 0 bridgehead atoms. The summed E-state index contributed by atoms with van der Waals surface area (Å²) in [5, 5.41) is 16.1. The third-order valence-electron chi connectivity index (χ3n) is 16.6. The van der Waals surface area contributed by atoms with E-state index in [1.54, 1.807) is 0 Å². The van der Waals surface area contributed by atoms with Gasteiger partial charge in [0, 0.05) is 27.2 Å². The summed E-state index contributed by atoms with van der Waals surface area (Å²) in [6, 6.07) is 114. The zero-order valence-electron chi connectivity index (χ0n) is 41.8. The van der Waals surface area contributed by atoms with Crippen LogP contribution in [0.4, 0.5) is 0 Å². The van der Waals surface area contributed by atoms with Gasteiger partial charge in [0.15, 0.2) is 16.1 Å². The molecule has 2 nitrogen and oxygen atoms in total. The molecule has 0 aliphatic carbocycles. The molecular formula is C72H50N2Si2. The lowest BCUT2D eigenvalue weighted by Crippen LogP contribution is -2.74. The number of benzene rings is 12. The van der Waals surface area contributed by atoms with E-state index in [0.29, 0.717) is 0 Å². The topological polar surface area (TPSA) is 9.86 Å². The van der Waals surface area contributed by atoms with Gasteiger partial charge in [-0.05, 0) is 100 Å². The minimum Gasteiger partial charge on any atom is -0.307 e. The summed E-state index contributed by atoms with van der Waals surface area (Å²) in [5.74, 6) is 0. The van der Waals surface area contributed by atoms with Crippen molar-refractivity contribution in [3.8, 4) is 33.6 Å². The van der Waals surface area contributed by atoms with E-state index in [-0.39, 0.29) is 0 Å². The van der Waals surface area contributed by atoms with E-state index in [9.17, 15) is 0 Å². The average molecular weight is 999 g/mol. The second-order valence-corrected chi connectivity index (χ2v) is 27.8. The monoisotopic (exact) mass is 998 g/mol. The SMILES string of the molecule is c1ccc([Si](c2ccccc2)(c2ccccc2)c2ccc(-n3c4ccccc4c4cccc(-n5c6ccccc6c6ccc(-c7cccc8c7-c7ccccc7[Si]8(c7ccccc7)c7ccccc7)cc65)c43)cc2)cc1. The number of aromatic nitrogens is 2. The molecule has 0 radical (unpaired) electrons. The molecule has 1 aliphatic heterocycles. The van der Waals surface area contributed by atoms with Gasteiger partial charge in [-0.2, -0.15) is 0 Å². The predicted octanol–water partition coefficient (Wildman–Crippen LogP) is 12.3. The van der Waals surface area contributed by atoms with E-state index in [0.717, 1.165) is 11.4 Å². The fraction of sp³-hybridized carbons (Fsp3) is 0. The van der Waals surface area contributed by atoms with Gasteiger partial charge < -0.3 is 9.13 Å². The van der Waals surface area contributed by atoms with Crippen LogP contribution in [0.25, 0.3) is 77.2 Å². The Morgan fingerprint density at radius 1 is 0.289 bits per heavy atom. The molecule has 4 heteroatoms. The zero-order valence-corrected chi connectivity index (χ0v) is 43.8. The summed E-state index contributed by atoms with van der Waals surface area (Å²) >= 11 is 0. The van der Waals surface area contributed by atoms with E-state index >= 15 is 0 Å². The van der Waals surface area contributed by atoms with Crippen molar-refractivity contribution in [3.05, 3.63) is 303 Å². The van der Waals surface area contributed by atoms with Crippen LogP contribution in [-0.2, 0) is 0 Å². The largest absolute Gasteiger partial charge is 0.307 e. The van der Waals surface area contributed by atoms with Gasteiger partial charge in [-0.15, -0.1) is 0 Å². The Labute approximate surface area is 444 Å². The van der Waals surface area contributed by atoms with Crippen LogP contribution in [0, 0.1) is 0 Å². The third-order valence-corrected chi connectivity index (χ3v) is 26.2. The van der Waals surface area contributed by atoms with Crippen molar-refractivity contribution in [1.82, 2.24) is 9.13 Å². The Balaban J connectivity index is 0.961. The second-order valence-electron chi connectivity index (χ2n) is 20.3. The van der Waals surface area contributed by atoms with Crippen LogP contribution in [0.1, 0.15) is 0 Å². The highest BCUT2D eigenvalue weighted by atomic mass is 28.3. The number of hydrogen-bond acceptors (Lipinski definition) is 0. The lowest BCUT2D eigenvalue weighted by atomic mass is 9.94. The van der Waals surface area contributed by atoms with Gasteiger partial charge in [0.1, 0.15) is 0 Å². The molecule has 3 heterocycles. The van der Waals surface area contributed by atoms with Crippen molar-refractivity contribution in [1.29, 1.82) is 0 Å². The van der Waals surface area contributed by atoms with Crippen molar-refractivity contribution in [2.75, 3.05) is 0 Å². The fourth-order valence-corrected chi connectivity index (χ4v) is 23.5. The van der Waals surface area contributed by atoms with Crippen molar-refractivity contribution in [2.45, 2.75) is 0 Å². The van der Waals surface area contributed by atoms with Crippen LogP contribution in [0.5, 0.6) is 0 Å². The number of para-hydroxylation sites is 3. The molecule has 0 fully saturated rings. The molecular weight excluding hydrogens is 949 g/mol. The van der Waals surface area contributed by atoms with Crippen LogP contribution in [0.2, 0.25) is 0 Å². The van der Waals surface area contributed by atoms with Crippen LogP contribution in [-0.4, -0.2) is 25.3 Å². The van der Waals surface area contributed by atoms with Crippen molar-refractivity contribution >= 4 is 101 Å². The summed E-state index contributed by atoms with van der Waals surface area (Å²) in [4.78, 5) is 0. The van der Waals surface area contributed by atoms with Gasteiger partial charge in [-0.1, -0.05) is 267 Å². The first-order valence-corrected chi connectivity index (χ1v) is 30.4. The molecule has 0 N–H and O–H groups in total. The lowest BCUT2D eigenvalue weighted by Gasteiger charge is -2.34. The first-order valence-electron chi connectivity index (χ1n) is 26.4. The molecule has 2 aromatic heterocycles. The number of hydrogen-bond donors (Lipinski definition) is 0. The van der Waals surface area contributed by atoms with E-state index in [2.05, 4.69) is 312 Å². The lowest BCUT2D eigenvalue weighted by molar-refractivity contribution is 1.13. The Kier molecular flexibility index (Phi) is 10.3. The molecule has 76 heavy (non-hydrogen) atoms. The van der Waals surface area contributed by atoms with Gasteiger partial charge in [0.2, 0.25) is 0 Å². The minimum atomic E-state index is -2.74. The summed E-state index contributed by atoms with van der Waals surface area (Å²) < 4.78 is 5.06. The minimum absolute atomic E-state index is 1.13. The molecule has 12 aromatic carbocycles. The predicted molar refractivity (Wildman–Crippen MR) is 327 cm³/mol. The molecule has 0 atom stereocenters. The average Bonchev–Trinajstić information content (AvgIpc) is 4.27. The standard InChI is InChI=1S/C72H50N2Si2/c1-6-24-53(25-7-1)75(54-26-8-2-9-27-54,55-28-10-3-11-29-55)58-47-45-52(46-48-58)73-65-39-19-17-35-61(65)63-38-22-41-67(72(63)73)74-66-40-20-16-34-60(66)62-49-44-51(50-68(62)74)59-37-23-43-70-71(59)64-36-18-21-42-69(64)76(70,56-30-12-4-13-31-56)57-32-14-5-15-33-57/h1-50H. The van der Waals surface area contributed by atoms with Crippen molar-refractivity contribution in [2.24, 2.45) is 0 Å². The maximum atomic E-state index is 2.54. The Morgan fingerprint density at radius 3 is 1.36 bits per heavy atom. The highest BCUT2D eigenvalue weighted by molar-refractivity contribution is 7.22. The summed E-state index contributed by atoms with van der Waals surface area (Å²) in [7, 11) is -5.44. The maximum absolute atomic E-state index is 2.74. The molecule has 356 valence electrons. The molecule has 14 aromatic rings. The molecule has 0 spiro atoms. The molecule has 0 amide bonds. The first kappa shape index (κ1) is 44.2. The quantitative estimate of drug-likeness (QED) is 0.101. The highest BCUT2D eigenvalue weighted by Gasteiger charge is 2.49. The fourth-order valence-electron chi connectivity index (χ4n) is 13.5. The summed E-state index contributed by atoms with van der Waals surface area (Å²) in [5.41, 5.74) is 12.2. The molecule has 0 saturated heterocycles. The van der Waals surface area contributed by atoms with Crippen LogP contribution >= 0.6 is 0 Å². The Morgan fingerprint density at radius 2 is 0.737 bits per heavy atom. The van der Waals surface area contributed by atoms with Gasteiger partial charge >= 0.3 is 0 Å². The van der Waals surface area contributed by atoms with Crippen LogP contribution < -0.4 is 41.5 Å². The summed E-state index contributed by atoms with van der Waals surface area (Å²) in [6.07, 6.45) is 0. The van der Waals surface area contributed by atoms with E-state index < -0.39 is 16.1 Å². The molecule has 0 unspecified atom stereocenters. The maximum Gasteiger partial charge on any atom is 0.180 e. The van der Waals surface area contributed by atoms with Gasteiger partial charge in [0.25, 0.3) is 0 Å².